The maximum absolute atomic E-state index is 0. The molecule has 0 rings (SSSR count). The van der Waals surface area contributed by atoms with Crippen LogP contribution in [0, 0.1) is 0 Å². The Hall–Kier alpha value is 1.18. The first-order chi connectivity index (χ1) is 0. The zero-order chi connectivity index (χ0) is 0. The SMILES string of the molecule is O.O.O.O.[F-].[F-].[Sr+2]. The van der Waals surface area contributed by atoms with Gasteiger partial charge in [-0.05, 0) is 0 Å². The molecule has 4 nitrogen and oxygen atoms in total. The van der Waals surface area contributed by atoms with E-state index < -0.39 is 0 Å². The van der Waals surface area contributed by atoms with Gasteiger partial charge >= 0.3 is 45.5 Å². The minimum absolute atomic E-state index is 0. The van der Waals surface area contributed by atoms with Crippen LogP contribution in [0.3, 0.4) is 0 Å². The van der Waals surface area contributed by atoms with Gasteiger partial charge in [0, 0.05) is 0 Å². The van der Waals surface area contributed by atoms with E-state index in [9.17, 15) is 0 Å². The third kappa shape index (κ3) is 138. The molecule has 0 aliphatic rings. The molecular weight excluding hydrogens is 190 g/mol. The molecule has 0 saturated carbocycles. The van der Waals surface area contributed by atoms with Gasteiger partial charge in [-0.15, -0.1) is 0 Å². The fourth-order valence-electron chi connectivity index (χ4n) is 0. The third-order valence-electron chi connectivity index (χ3n) is 0. The summed E-state index contributed by atoms with van der Waals surface area (Å²) in [5.74, 6) is 0. The smallest absolute Gasteiger partial charge is 1.00 e. The van der Waals surface area contributed by atoms with E-state index in [-0.39, 0.29) is 76.8 Å². The molecule has 0 amide bonds. The number of hydrogen-bond donors (Lipinski definition) is 0. The summed E-state index contributed by atoms with van der Waals surface area (Å²) in [5.41, 5.74) is 0. The van der Waals surface area contributed by atoms with Crippen LogP contribution in [-0.4, -0.2) is 67.4 Å². The first-order valence-corrected chi connectivity index (χ1v) is 0. The van der Waals surface area contributed by atoms with Gasteiger partial charge in [0.15, 0.2) is 0 Å². The molecule has 0 heterocycles. The van der Waals surface area contributed by atoms with Crippen LogP contribution in [0.4, 0.5) is 0 Å². The monoisotopic (exact) mass is 198 g/mol. The molecule has 7 heavy (non-hydrogen) atoms. The first kappa shape index (κ1) is 303. The second-order valence-electron chi connectivity index (χ2n) is 0. The van der Waals surface area contributed by atoms with Crippen molar-refractivity contribution in [1.82, 2.24) is 0 Å². The second kappa shape index (κ2) is 197. The van der Waals surface area contributed by atoms with Gasteiger partial charge in [-0.3, -0.25) is 0 Å². The summed E-state index contributed by atoms with van der Waals surface area (Å²) in [6.45, 7) is 0. The van der Waals surface area contributed by atoms with E-state index in [0.29, 0.717) is 0 Å². The Morgan fingerprint density at radius 3 is 0.429 bits per heavy atom. The summed E-state index contributed by atoms with van der Waals surface area (Å²) in [6, 6.07) is 0. The maximum Gasteiger partial charge on any atom is 2.00 e. The summed E-state index contributed by atoms with van der Waals surface area (Å²) >= 11 is 0. The Balaban J connectivity index is 0. The minimum atomic E-state index is 0. The van der Waals surface area contributed by atoms with Gasteiger partial charge < -0.3 is 31.3 Å². The van der Waals surface area contributed by atoms with Crippen molar-refractivity contribution in [3.05, 3.63) is 0 Å². The Morgan fingerprint density at radius 2 is 0.429 bits per heavy atom. The molecule has 0 unspecified atom stereocenters. The van der Waals surface area contributed by atoms with Crippen LogP contribution in [0.15, 0.2) is 0 Å². The first-order valence-electron chi connectivity index (χ1n) is 0. The molecule has 48 valence electrons. The zero-order valence-electron chi connectivity index (χ0n) is 3.46. The van der Waals surface area contributed by atoms with Crippen molar-refractivity contribution in [1.29, 1.82) is 0 Å². The number of halogens is 2. The van der Waals surface area contributed by atoms with Gasteiger partial charge in [-0.1, -0.05) is 0 Å². The molecule has 0 aromatic heterocycles. The van der Waals surface area contributed by atoms with Crippen LogP contribution >= 0.6 is 0 Å². The molecule has 0 aromatic rings. The Kier molecular flexibility index (Phi) is 8510. The standard InChI is InChI=1S/2FH.4H2O.Sr/h2*1H;4*1H2;/q;;;;;;+2/p-2. The van der Waals surface area contributed by atoms with Crippen molar-refractivity contribution in [2.75, 3.05) is 0 Å². The predicted octanol–water partition coefficient (Wildman–Crippen LogP) is -9.67. The van der Waals surface area contributed by atoms with Crippen molar-refractivity contribution in [3.63, 3.8) is 0 Å². The summed E-state index contributed by atoms with van der Waals surface area (Å²) in [4.78, 5) is 0. The summed E-state index contributed by atoms with van der Waals surface area (Å²) in [7, 11) is 0. The Bertz CT molecular complexity index is 9.65. The van der Waals surface area contributed by atoms with E-state index in [1.807, 2.05) is 0 Å². The molecule has 0 aliphatic heterocycles. The molecular formula is H8F2O4Sr. The third-order valence-corrected chi connectivity index (χ3v) is 0. The van der Waals surface area contributed by atoms with Crippen LogP contribution < -0.4 is 9.41 Å². The van der Waals surface area contributed by atoms with Gasteiger partial charge in [0.05, 0.1) is 0 Å². The average molecular weight is 198 g/mol. The van der Waals surface area contributed by atoms with E-state index in [0.717, 1.165) is 0 Å². The quantitative estimate of drug-likeness (QED) is 0.342. The number of hydrogen-bond acceptors (Lipinski definition) is 0. The van der Waals surface area contributed by atoms with E-state index in [1.54, 1.807) is 0 Å². The van der Waals surface area contributed by atoms with Gasteiger partial charge in [0.25, 0.3) is 0 Å². The van der Waals surface area contributed by atoms with E-state index in [1.165, 1.54) is 0 Å². The van der Waals surface area contributed by atoms with Gasteiger partial charge in [0.2, 0.25) is 0 Å². The van der Waals surface area contributed by atoms with Crippen LogP contribution in [0.25, 0.3) is 0 Å². The van der Waals surface area contributed by atoms with Crippen molar-refractivity contribution in [2.24, 2.45) is 0 Å². The summed E-state index contributed by atoms with van der Waals surface area (Å²) in [6.07, 6.45) is 0. The Labute approximate surface area is 76.1 Å². The second-order valence-corrected chi connectivity index (χ2v) is 0. The largest absolute Gasteiger partial charge is 2.00 e. The number of rotatable bonds is 0. The van der Waals surface area contributed by atoms with Crippen molar-refractivity contribution < 1.29 is 31.3 Å². The van der Waals surface area contributed by atoms with Gasteiger partial charge in [-0.2, -0.15) is 0 Å². The molecule has 0 spiro atoms. The van der Waals surface area contributed by atoms with Crippen LogP contribution in [0.2, 0.25) is 0 Å². The fourth-order valence-corrected chi connectivity index (χ4v) is 0. The summed E-state index contributed by atoms with van der Waals surface area (Å²) < 4.78 is 0. The van der Waals surface area contributed by atoms with Crippen LogP contribution in [0.1, 0.15) is 0 Å². The molecule has 0 atom stereocenters. The van der Waals surface area contributed by atoms with Gasteiger partial charge in [0.1, 0.15) is 0 Å². The Morgan fingerprint density at radius 1 is 0.429 bits per heavy atom. The zero-order valence-corrected chi connectivity index (χ0v) is 6.94. The topological polar surface area (TPSA) is 126 Å². The average Bonchev–Trinajstić information content (AvgIpc) is 0. The van der Waals surface area contributed by atoms with E-state index in [2.05, 4.69) is 0 Å². The van der Waals surface area contributed by atoms with Gasteiger partial charge in [-0.25, -0.2) is 0 Å². The maximum atomic E-state index is 0. The molecule has 0 aromatic carbocycles. The van der Waals surface area contributed by atoms with Crippen molar-refractivity contribution >= 4 is 45.5 Å². The van der Waals surface area contributed by atoms with Crippen LogP contribution in [0.5, 0.6) is 0 Å². The predicted molar refractivity (Wildman–Crippen MR) is 20.2 cm³/mol. The van der Waals surface area contributed by atoms with E-state index in [4.69, 9.17) is 0 Å². The molecule has 0 radical (unpaired) electrons. The fraction of sp³-hybridized carbons (Fsp3) is 0. The molecule has 0 bridgehead atoms. The molecule has 0 fully saturated rings. The molecule has 0 aliphatic carbocycles. The normalized spacial score (nSPS) is 0. The molecule has 7 heteroatoms. The van der Waals surface area contributed by atoms with E-state index >= 15 is 0 Å². The minimum Gasteiger partial charge on any atom is -1.00 e. The molecule has 0 saturated heterocycles. The van der Waals surface area contributed by atoms with Crippen LogP contribution in [-0.2, 0) is 0 Å². The van der Waals surface area contributed by atoms with Crippen molar-refractivity contribution in [3.8, 4) is 0 Å². The van der Waals surface area contributed by atoms with Crippen molar-refractivity contribution in [2.45, 2.75) is 0 Å². The molecule has 8 N–H and O–H groups in total. The summed E-state index contributed by atoms with van der Waals surface area (Å²) in [5, 5.41) is 0.